The van der Waals surface area contributed by atoms with E-state index in [9.17, 15) is 79.0 Å². The van der Waals surface area contributed by atoms with E-state index in [0.29, 0.717) is 12.1 Å². The van der Waals surface area contributed by atoms with Crippen molar-refractivity contribution in [2.75, 3.05) is 0 Å². The lowest BCUT2D eigenvalue weighted by Gasteiger charge is -2.36. The Bertz CT molecular complexity index is 1160. The van der Waals surface area contributed by atoms with Gasteiger partial charge in [-0.3, -0.25) is 0 Å². The molecule has 226 valence electrons. The first-order chi connectivity index (χ1) is 17.5. The van der Waals surface area contributed by atoms with E-state index >= 15 is 0 Å². The lowest BCUT2D eigenvalue weighted by molar-refractivity contribution is -0.399. The summed E-state index contributed by atoms with van der Waals surface area (Å²) in [5.41, 5.74) is -9.17. The van der Waals surface area contributed by atoms with Crippen LogP contribution in [0.5, 0.6) is 0 Å². The number of halogens is 20. The summed E-state index contributed by atoms with van der Waals surface area (Å²) in [4.78, 5) is 0. The van der Waals surface area contributed by atoms with Crippen molar-refractivity contribution >= 4 is 31.9 Å². The largest absolute Gasteiger partial charge is 0.460 e. The molecule has 0 atom stereocenters. The van der Waals surface area contributed by atoms with Gasteiger partial charge in [-0.15, -0.1) is 0 Å². The zero-order valence-electron chi connectivity index (χ0n) is 18.0. The molecule has 2 rings (SSSR count). The summed E-state index contributed by atoms with van der Waals surface area (Å²) in [5, 5.41) is 0. The summed E-state index contributed by atoms with van der Waals surface area (Å²) < 4.78 is 243. The first-order valence-corrected chi connectivity index (χ1v) is 11.1. The lowest BCUT2D eigenvalue weighted by Crippen LogP contribution is -2.60. The zero-order chi connectivity index (χ0) is 31.7. The number of benzene rings is 2. The second kappa shape index (κ2) is 9.86. The molecule has 0 saturated carbocycles. The number of hydrogen-bond donors (Lipinski definition) is 0. The van der Waals surface area contributed by atoms with E-state index in [1.54, 1.807) is 0 Å². The van der Waals surface area contributed by atoms with Gasteiger partial charge in [-0.2, -0.15) is 79.0 Å². The molecule has 0 aliphatic rings. The molecule has 40 heavy (non-hydrogen) atoms. The Morgan fingerprint density at radius 3 is 0.850 bits per heavy atom. The van der Waals surface area contributed by atoms with Crippen LogP contribution in [0.25, 0.3) is 11.1 Å². The summed E-state index contributed by atoms with van der Waals surface area (Å²) in [6, 6.07) is 0.392. The molecule has 0 unspecified atom stereocenters. The normalized spacial score (nSPS) is 15.0. The van der Waals surface area contributed by atoms with Crippen molar-refractivity contribution in [1.29, 1.82) is 0 Å². The van der Waals surface area contributed by atoms with Gasteiger partial charge in [0.2, 0.25) is 0 Å². The Morgan fingerprint density at radius 2 is 0.625 bits per heavy atom. The Hall–Kier alpha value is -1.86. The highest BCUT2D eigenvalue weighted by Crippen LogP contribution is 2.60. The predicted octanol–water partition coefficient (Wildman–Crippen LogP) is 10.7. The third-order valence-corrected chi connectivity index (χ3v) is 6.21. The van der Waals surface area contributed by atoms with E-state index in [1.165, 1.54) is 0 Å². The Morgan fingerprint density at radius 1 is 0.375 bits per heavy atom. The highest BCUT2D eigenvalue weighted by atomic mass is 79.9. The quantitative estimate of drug-likeness (QED) is 0.248. The van der Waals surface area contributed by atoms with Crippen molar-refractivity contribution in [1.82, 2.24) is 0 Å². The highest BCUT2D eigenvalue weighted by Gasteiger charge is 2.83. The van der Waals surface area contributed by atoms with Crippen LogP contribution in [-0.2, 0) is 11.8 Å². The molecule has 2 aromatic rings. The summed E-state index contributed by atoms with van der Waals surface area (Å²) in [6.07, 6.45) is -14.7. The SMILES string of the molecule is FC(F)(F)C(F)(F)C(F)(F)C(F)(F)c1cc(Br)ccc1-c1ccc(Br)cc1C(F)(F)C(F)(F)C(F)(F)C(F)(F)F. The lowest BCUT2D eigenvalue weighted by atomic mass is 9.85. The molecule has 20 heteroatoms. The molecule has 0 amide bonds. The van der Waals surface area contributed by atoms with Crippen LogP contribution in [0.2, 0.25) is 0 Å². The molecule has 0 radical (unpaired) electrons. The molecule has 0 bridgehead atoms. The molecular formula is C20H6Br2F18. The molecule has 0 nitrogen and oxygen atoms in total. The standard InChI is InChI=1S/C20H6Br2F18/c21-7-1-3-9(11(5-7)13(23,24)15(27,28)17(31,32)19(35,36)37)10-4-2-8(22)6-12(10)14(25,26)16(29,30)18(33,34)20(38,39)40/h1-6H. The minimum atomic E-state index is -7.50. The predicted molar refractivity (Wildman–Crippen MR) is 107 cm³/mol. The fraction of sp³-hybridized carbons (Fsp3) is 0.400. The molecule has 0 fully saturated rings. The molecular weight excluding hydrogens is 742 g/mol. The summed E-state index contributed by atoms with van der Waals surface area (Å²) >= 11 is 4.76. The van der Waals surface area contributed by atoms with Crippen LogP contribution < -0.4 is 0 Å². The van der Waals surface area contributed by atoms with E-state index in [1.807, 2.05) is 0 Å². The highest BCUT2D eigenvalue weighted by molar-refractivity contribution is 9.10. The minimum absolute atomic E-state index is 0.0258. The average molecular weight is 748 g/mol. The molecule has 0 aromatic heterocycles. The zero-order valence-corrected chi connectivity index (χ0v) is 21.2. The maximum absolute atomic E-state index is 14.8. The maximum Gasteiger partial charge on any atom is 0.460 e. The molecule has 0 N–H and O–H groups in total. The molecule has 0 spiro atoms. The van der Waals surface area contributed by atoms with Crippen LogP contribution in [0.3, 0.4) is 0 Å². The first-order valence-electron chi connectivity index (χ1n) is 9.51. The molecule has 0 aliphatic heterocycles. The Kier molecular flexibility index (Phi) is 8.47. The van der Waals surface area contributed by atoms with Gasteiger partial charge in [0.15, 0.2) is 0 Å². The Labute approximate surface area is 226 Å². The van der Waals surface area contributed by atoms with Gasteiger partial charge in [0, 0.05) is 20.1 Å². The van der Waals surface area contributed by atoms with Crippen LogP contribution >= 0.6 is 31.9 Å². The molecule has 0 saturated heterocycles. The van der Waals surface area contributed by atoms with Crippen molar-refractivity contribution in [2.45, 2.75) is 47.9 Å². The van der Waals surface area contributed by atoms with E-state index in [0.717, 1.165) is 0 Å². The summed E-state index contributed by atoms with van der Waals surface area (Å²) in [6.45, 7) is 0. The van der Waals surface area contributed by atoms with E-state index in [-0.39, 0.29) is 24.3 Å². The number of alkyl halides is 18. The van der Waals surface area contributed by atoms with Crippen LogP contribution in [0.15, 0.2) is 45.3 Å². The topological polar surface area (TPSA) is 0 Å². The van der Waals surface area contributed by atoms with E-state index in [2.05, 4.69) is 31.9 Å². The Balaban J connectivity index is 2.99. The van der Waals surface area contributed by atoms with E-state index in [4.69, 9.17) is 0 Å². The molecule has 2 aromatic carbocycles. The minimum Gasteiger partial charge on any atom is -0.194 e. The van der Waals surface area contributed by atoms with Crippen LogP contribution in [0.1, 0.15) is 11.1 Å². The number of hydrogen-bond acceptors (Lipinski definition) is 0. The fourth-order valence-corrected chi connectivity index (χ4v) is 3.83. The van der Waals surface area contributed by atoms with Gasteiger partial charge in [0.05, 0.1) is 0 Å². The van der Waals surface area contributed by atoms with Crippen molar-refractivity contribution in [3.8, 4) is 11.1 Å². The van der Waals surface area contributed by atoms with Crippen molar-refractivity contribution in [3.63, 3.8) is 0 Å². The van der Waals surface area contributed by atoms with Gasteiger partial charge >= 0.3 is 47.9 Å². The third-order valence-electron chi connectivity index (χ3n) is 5.22. The van der Waals surface area contributed by atoms with Crippen LogP contribution in [0.4, 0.5) is 79.0 Å². The maximum atomic E-state index is 14.8. The van der Waals surface area contributed by atoms with Crippen molar-refractivity contribution < 1.29 is 79.0 Å². The monoisotopic (exact) mass is 746 g/mol. The fourth-order valence-electron chi connectivity index (χ4n) is 3.11. The number of rotatable bonds is 7. The van der Waals surface area contributed by atoms with Gasteiger partial charge in [0.25, 0.3) is 0 Å². The average Bonchev–Trinajstić information content (AvgIpc) is 2.77. The molecule has 0 aliphatic carbocycles. The summed E-state index contributed by atoms with van der Waals surface area (Å²) in [5.74, 6) is -43.2. The molecule has 0 heterocycles. The third kappa shape index (κ3) is 5.04. The second-order valence-corrected chi connectivity index (χ2v) is 9.65. The van der Waals surface area contributed by atoms with Gasteiger partial charge in [-0.25, -0.2) is 0 Å². The smallest absolute Gasteiger partial charge is 0.194 e. The van der Waals surface area contributed by atoms with Crippen LogP contribution in [0, 0.1) is 0 Å². The van der Waals surface area contributed by atoms with Gasteiger partial charge < -0.3 is 0 Å². The van der Waals surface area contributed by atoms with Crippen molar-refractivity contribution in [3.05, 3.63) is 56.5 Å². The van der Waals surface area contributed by atoms with Gasteiger partial charge in [0.1, 0.15) is 0 Å². The van der Waals surface area contributed by atoms with Crippen molar-refractivity contribution in [2.24, 2.45) is 0 Å². The van der Waals surface area contributed by atoms with Gasteiger partial charge in [-0.1, -0.05) is 44.0 Å². The summed E-state index contributed by atoms with van der Waals surface area (Å²) in [7, 11) is 0. The van der Waals surface area contributed by atoms with Crippen LogP contribution in [-0.4, -0.2) is 36.0 Å². The first kappa shape index (κ1) is 34.3. The second-order valence-electron chi connectivity index (χ2n) is 7.82. The van der Waals surface area contributed by atoms with E-state index < -0.39 is 79.1 Å². The van der Waals surface area contributed by atoms with Gasteiger partial charge in [-0.05, 0) is 35.4 Å².